The van der Waals surface area contributed by atoms with Crippen LogP contribution in [-0.4, -0.2) is 45.1 Å². The lowest BCUT2D eigenvalue weighted by atomic mass is 9.45. The van der Waals surface area contributed by atoms with Crippen molar-refractivity contribution in [1.29, 1.82) is 0 Å². The Labute approximate surface area is 192 Å². The molecule has 0 aliphatic heterocycles. The molecule has 7 nitrogen and oxygen atoms in total. The van der Waals surface area contributed by atoms with Gasteiger partial charge in [0.05, 0.1) is 24.1 Å². The fourth-order valence-corrected chi connectivity index (χ4v) is 8.10. The van der Waals surface area contributed by atoms with Gasteiger partial charge in [-0.05, 0) is 98.8 Å². The molecule has 1 heterocycles. The summed E-state index contributed by atoms with van der Waals surface area (Å²) in [5, 5.41) is 23.4. The zero-order chi connectivity index (χ0) is 22.3. The van der Waals surface area contributed by atoms with E-state index in [2.05, 4.69) is 29.3 Å². The maximum atomic E-state index is 10.7. The van der Waals surface area contributed by atoms with Gasteiger partial charge in [-0.3, -0.25) is 0 Å². The van der Waals surface area contributed by atoms with E-state index in [0.717, 1.165) is 55.0 Å². The van der Waals surface area contributed by atoms with E-state index in [0.29, 0.717) is 25.1 Å². The molecule has 178 valence electrons. The summed E-state index contributed by atoms with van der Waals surface area (Å²) in [6.45, 7) is 6.72. The highest BCUT2D eigenvalue weighted by Crippen LogP contribution is 2.65. The van der Waals surface area contributed by atoms with Gasteiger partial charge in [-0.25, -0.2) is 4.68 Å². The lowest BCUT2D eigenvalue weighted by molar-refractivity contribution is -0.112. The Kier molecular flexibility index (Phi) is 6.08. The minimum Gasteiger partial charge on any atom is -0.394 e. The Bertz CT molecular complexity index is 840. The molecule has 7 heteroatoms. The van der Waals surface area contributed by atoms with Gasteiger partial charge in [0.1, 0.15) is 6.61 Å². The number of aromatic nitrogens is 3. The van der Waals surface area contributed by atoms with Crippen LogP contribution in [0.4, 0.5) is 0 Å². The van der Waals surface area contributed by atoms with E-state index in [9.17, 15) is 5.11 Å². The number of aliphatic hydroxyl groups is 1. The van der Waals surface area contributed by atoms with Crippen molar-refractivity contribution in [3.63, 3.8) is 0 Å². The number of aliphatic hydroxyl groups excluding tert-OH is 1. The first-order chi connectivity index (χ1) is 15.4. The second kappa shape index (κ2) is 8.71. The highest BCUT2D eigenvalue weighted by atomic mass is 16.6. The van der Waals surface area contributed by atoms with Gasteiger partial charge in [0.15, 0.2) is 0 Å². The Morgan fingerprint density at radius 2 is 2.00 bits per heavy atom. The van der Waals surface area contributed by atoms with E-state index in [-0.39, 0.29) is 11.5 Å². The molecule has 0 radical (unpaired) electrons. The Balaban J connectivity index is 1.17. The van der Waals surface area contributed by atoms with Gasteiger partial charge in [0, 0.05) is 12.6 Å². The van der Waals surface area contributed by atoms with Crippen LogP contribution in [0.2, 0.25) is 0 Å². The highest BCUT2D eigenvalue weighted by Gasteiger charge is 2.59. The molecule has 0 spiro atoms. The molecule has 5 rings (SSSR count). The number of nitrogens with zero attached hydrogens (tertiary/aromatic N) is 4. The first-order valence-electron chi connectivity index (χ1n) is 12.9. The van der Waals surface area contributed by atoms with E-state index >= 15 is 0 Å². The topological polar surface area (TPSA) is 98.6 Å². The second-order valence-corrected chi connectivity index (χ2v) is 11.5. The van der Waals surface area contributed by atoms with Crippen LogP contribution < -0.4 is 5.73 Å². The van der Waals surface area contributed by atoms with Gasteiger partial charge in [0.25, 0.3) is 0 Å². The lowest BCUT2D eigenvalue weighted by Crippen LogP contribution is -2.54. The summed E-state index contributed by atoms with van der Waals surface area (Å²) in [4.78, 5) is 5.69. The molecular weight excluding hydrogens is 402 g/mol. The highest BCUT2D eigenvalue weighted by molar-refractivity contribution is 5.85. The molecule has 0 aromatic carbocycles. The molecular formula is C25H41N5O2. The van der Waals surface area contributed by atoms with Crippen molar-refractivity contribution in [1.82, 2.24) is 15.0 Å². The minimum atomic E-state index is -0.0778. The minimum absolute atomic E-state index is 0.0778. The third-order valence-electron chi connectivity index (χ3n) is 10.0. The monoisotopic (exact) mass is 443 g/mol. The maximum Gasteiger partial charge on any atom is 0.136 e. The average Bonchev–Trinajstić information content (AvgIpc) is 3.35. The standard InChI is InChI=1S/C25H41N5O2/c1-24-10-7-18(28-32-14-13-30-16-19(9-12-26)27-29-30)15-17(24)3-4-20-21-5-6-23(31)25(21,2)11-8-22(20)24/h16-17,20-23,31H,3-15,26H2,1-2H3/b28-18-/t17?,20?,21?,22?,23-,24-,25-/m0/s1. The Hall–Kier alpha value is -1.47. The van der Waals surface area contributed by atoms with Gasteiger partial charge in [-0.1, -0.05) is 24.2 Å². The summed E-state index contributed by atoms with van der Waals surface area (Å²) in [6.07, 6.45) is 13.4. The number of oxime groups is 1. The molecule has 32 heavy (non-hydrogen) atoms. The van der Waals surface area contributed by atoms with Crippen molar-refractivity contribution >= 4 is 5.71 Å². The molecule has 0 amide bonds. The van der Waals surface area contributed by atoms with Crippen LogP contribution in [0.25, 0.3) is 0 Å². The van der Waals surface area contributed by atoms with Crippen molar-refractivity contribution in [2.75, 3.05) is 13.2 Å². The van der Waals surface area contributed by atoms with Gasteiger partial charge in [0.2, 0.25) is 0 Å². The van der Waals surface area contributed by atoms with Crippen molar-refractivity contribution in [3.8, 4) is 0 Å². The van der Waals surface area contributed by atoms with Gasteiger partial charge in [-0.2, -0.15) is 0 Å². The van der Waals surface area contributed by atoms with Crippen molar-refractivity contribution in [2.24, 2.45) is 45.4 Å². The Morgan fingerprint density at radius 3 is 2.84 bits per heavy atom. The number of hydrogen-bond donors (Lipinski definition) is 2. The van der Waals surface area contributed by atoms with Crippen LogP contribution in [0.5, 0.6) is 0 Å². The number of rotatable bonds is 6. The molecule has 4 aliphatic carbocycles. The zero-order valence-electron chi connectivity index (χ0n) is 19.9. The lowest BCUT2D eigenvalue weighted by Gasteiger charge is -2.60. The van der Waals surface area contributed by atoms with Crippen LogP contribution in [-0.2, 0) is 17.8 Å². The number of nitrogens with two attached hydrogens (primary N) is 1. The summed E-state index contributed by atoms with van der Waals surface area (Å²) in [7, 11) is 0. The second-order valence-electron chi connectivity index (χ2n) is 11.5. The fourth-order valence-electron chi connectivity index (χ4n) is 8.10. The normalized spacial score (nSPS) is 42.4. The Morgan fingerprint density at radius 1 is 1.16 bits per heavy atom. The van der Waals surface area contributed by atoms with Crippen LogP contribution in [0.3, 0.4) is 0 Å². The predicted molar refractivity (Wildman–Crippen MR) is 124 cm³/mol. The molecule has 7 atom stereocenters. The summed E-state index contributed by atoms with van der Waals surface area (Å²) >= 11 is 0. The first-order valence-corrected chi connectivity index (χ1v) is 12.9. The van der Waals surface area contributed by atoms with Gasteiger partial charge in [-0.15, -0.1) is 5.10 Å². The smallest absolute Gasteiger partial charge is 0.136 e. The van der Waals surface area contributed by atoms with Crippen molar-refractivity contribution in [2.45, 2.75) is 90.7 Å². The van der Waals surface area contributed by atoms with Gasteiger partial charge >= 0.3 is 0 Å². The molecule has 1 aromatic rings. The molecule has 3 N–H and O–H groups in total. The third kappa shape index (κ3) is 3.79. The van der Waals surface area contributed by atoms with Crippen LogP contribution in [0, 0.1) is 34.5 Å². The summed E-state index contributed by atoms with van der Waals surface area (Å²) < 4.78 is 1.81. The van der Waals surface area contributed by atoms with Crippen molar-refractivity contribution in [3.05, 3.63) is 11.9 Å². The van der Waals surface area contributed by atoms with Crippen LogP contribution >= 0.6 is 0 Å². The quantitative estimate of drug-likeness (QED) is 0.517. The predicted octanol–water partition coefficient (Wildman–Crippen LogP) is 3.56. The molecule has 0 bridgehead atoms. The fraction of sp³-hybridized carbons (Fsp3) is 0.880. The zero-order valence-corrected chi connectivity index (χ0v) is 19.9. The average molecular weight is 444 g/mol. The van der Waals surface area contributed by atoms with E-state index in [1.165, 1.54) is 44.2 Å². The molecule has 4 saturated carbocycles. The number of hydrogen-bond acceptors (Lipinski definition) is 6. The maximum absolute atomic E-state index is 10.7. The van der Waals surface area contributed by atoms with E-state index in [1.54, 1.807) is 4.68 Å². The van der Waals surface area contributed by atoms with E-state index < -0.39 is 0 Å². The molecule has 1 aromatic heterocycles. The summed E-state index contributed by atoms with van der Waals surface area (Å²) in [5.74, 6) is 3.09. The molecule has 4 fully saturated rings. The summed E-state index contributed by atoms with van der Waals surface area (Å²) in [6, 6.07) is 0. The first kappa shape index (κ1) is 22.3. The molecule has 4 aliphatic rings. The summed E-state index contributed by atoms with van der Waals surface area (Å²) in [5.41, 5.74) is 8.34. The number of fused-ring (bicyclic) bond motifs is 5. The largest absolute Gasteiger partial charge is 0.394 e. The van der Waals surface area contributed by atoms with E-state index in [1.807, 2.05) is 6.20 Å². The SMILES string of the molecule is C[C@]12CC/C(=N/OCCn3cc(CCN)nn3)CC1CCC1C2CC[C@@]2(C)C1CC[C@@H]2O. The van der Waals surface area contributed by atoms with Gasteiger partial charge < -0.3 is 15.7 Å². The van der Waals surface area contributed by atoms with Crippen LogP contribution in [0.1, 0.15) is 77.3 Å². The third-order valence-corrected chi connectivity index (χ3v) is 10.0. The molecule has 0 saturated heterocycles. The van der Waals surface area contributed by atoms with Crippen molar-refractivity contribution < 1.29 is 9.94 Å². The molecule has 4 unspecified atom stereocenters. The van der Waals surface area contributed by atoms with E-state index in [4.69, 9.17) is 10.6 Å². The van der Waals surface area contributed by atoms with Crippen LogP contribution in [0.15, 0.2) is 11.4 Å².